The molecule has 0 unspecified atom stereocenters. The Balaban J connectivity index is 1.81. The van der Waals surface area contributed by atoms with E-state index in [9.17, 15) is 14.0 Å². The van der Waals surface area contributed by atoms with Gasteiger partial charge >= 0.3 is 0 Å². The van der Waals surface area contributed by atoms with Gasteiger partial charge in [0.25, 0.3) is 5.91 Å². The van der Waals surface area contributed by atoms with Gasteiger partial charge in [-0.05, 0) is 50.2 Å². The van der Waals surface area contributed by atoms with E-state index in [1.807, 2.05) is 0 Å². The second kappa shape index (κ2) is 7.74. The number of anilines is 3. The number of carbonyl (C=O) groups is 2. The van der Waals surface area contributed by atoms with Crippen LogP contribution < -0.4 is 10.6 Å². The fourth-order valence-electron chi connectivity index (χ4n) is 2.44. The molecule has 0 saturated heterocycles. The molecule has 2 N–H and O–H groups in total. The van der Waals surface area contributed by atoms with Crippen molar-refractivity contribution in [1.82, 2.24) is 9.97 Å². The molecule has 136 valence electrons. The smallest absolute Gasteiger partial charge is 0.274 e. The largest absolute Gasteiger partial charge is 0.340 e. The Labute approximate surface area is 155 Å². The van der Waals surface area contributed by atoms with Crippen molar-refractivity contribution in [3.63, 3.8) is 0 Å². The standard InChI is InChI=1S/C20H17FN4O2/c1-12(26)14-4-3-5-17(10-14)24-19-11-18(22-13(2)23-19)20(27)25-16-8-6-15(21)7-9-16/h3-11H,1-2H3,(H,25,27)(H,22,23,24). The lowest BCUT2D eigenvalue weighted by Gasteiger charge is -2.10. The molecule has 0 saturated carbocycles. The van der Waals surface area contributed by atoms with Gasteiger partial charge in [-0.1, -0.05) is 12.1 Å². The van der Waals surface area contributed by atoms with E-state index in [0.29, 0.717) is 28.6 Å². The molecule has 7 heteroatoms. The summed E-state index contributed by atoms with van der Waals surface area (Å²) in [5.41, 5.74) is 1.86. The second-order valence-electron chi connectivity index (χ2n) is 5.91. The van der Waals surface area contributed by atoms with Gasteiger partial charge in [0.1, 0.15) is 23.2 Å². The number of rotatable bonds is 5. The van der Waals surface area contributed by atoms with E-state index >= 15 is 0 Å². The van der Waals surface area contributed by atoms with Gasteiger partial charge in [0.15, 0.2) is 5.78 Å². The Morgan fingerprint density at radius 2 is 1.70 bits per heavy atom. The van der Waals surface area contributed by atoms with Crippen molar-refractivity contribution >= 4 is 28.9 Å². The molecule has 0 aliphatic heterocycles. The van der Waals surface area contributed by atoms with Crippen molar-refractivity contribution in [2.75, 3.05) is 10.6 Å². The molecule has 1 aromatic heterocycles. The third-order valence-electron chi connectivity index (χ3n) is 3.71. The molecule has 3 rings (SSSR count). The first kappa shape index (κ1) is 18.2. The maximum absolute atomic E-state index is 13.0. The van der Waals surface area contributed by atoms with Crippen LogP contribution in [0.5, 0.6) is 0 Å². The molecule has 0 bridgehead atoms. The number of hydrogen-bond donors (Lipinski definition) is 2. The van der Waals surface area contributed by atoms with Crippen LogP contribution in [0, 0.1) is 12.7 Å². The second-order valence-corrected chi connectivity index (χ2v) is 5.91. The Morgan fingerprint density at radius 3 is 2.41 bits per heavy atom. The normalized spacial score (nSPS) is 10.3. The molecule has 0 spiro atoms. The summed E-state index contributed by atoms with van der Waals surface area (Å²) in [6, 6.07) is 13.9. The summed E-state index contributed by atoms with van der Waals surface area (Å²) >= 11 is 0. The third-order valence-corrected chi connectivity index (χ3v) is 3.71. The SMILES string of the molecule is CC(=O)c1cccc(Nc2cc(C(=O)Nc3ccc(F)cc3)nc(C)n2)c1. The van der Waals surface area contributed by atoms with E-state index in [0.717, 1.165) is 0 Å². The van der Waals surface area contributed by atoms with Crippen molar-refractivity contribution < 1.29 is 14.0 Å². The van der Waals surface area contributed by atoms with Crippen LogP contribution in [0.1, 0.15) is 33.6 Å². The average Bonchev–Trinajstić information content (AvgIpc) is 2.63. The number of aryl methyl sites for hydroxylation is 1. The number of amides is 1. The maximum Gasteiger partial charge on any atom is 0.274 e. The number of hydrogen-bond acceptors (Lipinski definition) is 5. The van der Waals surface area contributed by atoms with Gasteiger partial charge in [-0.15, -0.1) is 0 Å². The quantitative estimate of drug-likeness (QED) is 0.665. The zero-order valence-corrected chi connectivity index (χ0v) is 14.8. The monoisotopic (exact) mass is 364 g/mol. The highest BCUT2D eigenvalue weighted by atomic mass is 19.1. The van der Waals surface area contributed by atoms with Crippen molar-refractivity contribution in [3.8, 4) is 0 Å². The molecule has 1 heterocycles. The highest BCUT2D eigenvalue weighted by Crippen LogP contribution is 2.18. The number of benzene rings is 2. The Hall–Kier alpha value is -3.61. The number of Topliss-reactive ketones (excluding diaryl/α,β-unsaturated/α-hetero) is 1. The summed E-state index contributed by atoms with van der Waals surface area (Å²) in [6.07, 6.45) is 0. The van der Waals surface area contributed by atoms with Gasteiger partial charge < -0.3 is 10.6 Å². The van der Waals surface area contributed by atoms with E-state index in [4.69, 9.17) is 0 Å². The zero-order valence-electron chi connectivity index (χ0n) is 14.8. The van der Waals surface area contributed by atoms with Crippen LogP contribution in [0.15, 0.2) is 54.6 Å². The predicted molar refractivity (Wildman–Crippen MR) is 101 cm³/mol. The van der Waals surface area contributed by atoms with Gasteiger partial charge in [0.2, 0.25) is 0 Å². The number of aromatic nitrogens is 2. The van der Waals surface area contributed by atoms with Crippen LogP contribution in [0.4, 0.5) is 21.6 Å². The molecule has 0 aliphatic carbocycles. The minimum absolute atomic E-state index is 0.0446. The molecule has 0 aliphatic rings. The molecule has 1 amide bonds. The van der Waals surface area contributed by atoms with Crippen LogP contribution in [0.3, 0.4) is 0 Å². The Morgan fingerprint density at radius 1 is 0.963 bits per heavy atom. The number of ketones is 1. The summed E-state index contributed by atoms with van der Waals surface area (Å²) < 4.78 is 13.0. The van der Waals surface area contributed by atoms with Gasteiger partial charge in [0, 0.05) is 23.0 Å². The molecule has 0 atom stereocenters. The van der Waals surface area contributed by atoms with Gasteiger partial charge in [-0.25, -0.2) is 14.4 Å². The van der Waals surface area contributed by atoms with Crippen LogP contribution >= 0.6 is 0 Å². The highest BCUT2D eigenvalue weighted by molar-refractivity contribution is 6.03. The average molecular weight is 364 g/mol. The van der Waals surface area contributed by atoms with E-state index in [-0.39, 0.29) is 17.3 Å². The minimum atomic E-state index is -0.437. The van der Waals surface area contributed by atoms with Crippen LogP contribution in [0.2, 0.25) is 0 Å². The van der Waals surface area contributed by atoms with E-state index in [1.54, 1.807) is 31.2 Å². The van der Waals surface area contributed by atoms with E-state index in [2.05, 4.69) is 20.6 Å². The van der Waals surface area contributed by atoms with Crippen molar-refractivity contribution in [3.05, 3.63) is 77.5 Å². The molecular weight excluding hydrogens is 347 g/mol. The predicted octanol–water partition coefficient (Wildman–Crippen LogP) is 4.12. The fourth-order valence-corrected chi connectivity index (χ4v) is 2.44. The lowest BCUT2D eigenvalue weighted by Crippen LogP contribution is -2.15. The Bertz CT molecular complexity index is 1000. The molecule has 0 radical (unpaired) electrons. The molecule has 0 fully saturated rings. The minimum Gasteiger partial charge on any atom is -0.340 e. The lowest BCUT2D eigenvalue weighted by molar-refractivity contribution is 0.101. The lowest BCUT2D eigenvalue weighted by atomic mass is 10.1. The Kier molecular flexibility index (Phi) is 5.21. The first-order valence-corrected chi connectivity index (χ1v) is 8.21. The summed E-state index contributed by atoms with van der Waals surface area (Å²) in [7, 11) is 0. The molecule has 3 aromatic rings. The number of nitrogens with zero attached hydrogens (tertiary/aromatic N) is 2. The number of halogens is 1. The summed E-state index contributed by atoms with van der Waals surface area (Å²) in [4.78, 5) is 32.4. The zero-order chi connectivity index (χ0) is 19.4. The summed E-state index contributed by atoms with van der Waals surface area (Å²) in [6.45, 7) is 3.16. The first-order valence-electron chi connectivity index (χ1n) is 8.21. The maximum atomic E-state index is 13.0. The summed E-state index contributed by atoms with van der Waals surface area (Å²) in [5, 5.41) is 5.73. The van der Waals surface area contributed by atoms with Gasteiger partial charge in [-0.3, -0.25) is 9.59 Å². The topological polar surface area (TPSA) is 84.0 Å². The van der Waals surface area contributed by atoms with Crippen molar-refractivity contribution in [2.45, 2.75) is 13.8 Å². The summed E-state index contributed by atoms with van der Waals surface area (Å²) in [5.74, 6) is -0.0332. The van der Waals surface area contributed by atoms with Crippen molar-refractivity contribution in [1.29, 1.82) is 0 Å². The van der Waals surface area contributed by atoms with Gasteiger partial charge in [-0.2, -0.15) is 0 Å². The molecule has 27 heavy (non-hydrogen) atoms. The molecule has 2 aromatic carbocycles. The van der Waals surface area contributed by atoms with E-state index < -0.39 is 5.91 Å². The van der Waals surface area contributed by atoms with E-state index in [1.165, 1.54) is 37.3 Å². The fraction of sp³-hybridized carbons (Fsp3) is 0.100. The highest BCUT2D eigenvalue weighted by Gasteiger charge is 2.12. The number of nitrogens with one attached hydrogen (secondary N) is 2. The third kappa shape index (κ3) is 4.72. The first-order chi connectivity index (χ1) is 12.9. The molecule has 6 nitrogen and oxygen atoms in total. The van der Waals surface area contributed by atoms with Gasteiger partial charge in [0.05, 0.1) is 0 Å². The van der Waals surface area contributed by atoms with Crippen LogP contribution in [-0.2, 0) is 0 Å². The van der Waals surface area contributed by atoms with Crippen molar-refractivity contribution in [2.24, 2.45) is 0 Å². The number of carbonyl (C=O) groups excluding carboxylic acids is 2. The van der Waals surface area contributed by atoms with Crippen LogP contribution in [-0.4, -0.2) is 21.7 Å². The van der Waals surface area contributed by atoms with Crippen LogP contribution in [0.25, 0.3) is 0 Å². The molecular formula is C20H17FN4O2.